The van der Waals surface area contributed by atoms with E-state index < -0.39 is 0 Å². The van der Waals surface area contributed by atoms with Gasteiger partial charge in [-0.1, -0.05) is 122 Å². The Labute approximate surface area is 323 Å². The van der Waals surface area contributed by atoms with Crippen molar-refractivity contribution < 1.29 is 24.0 Å². The first-order valence-corrected chi connectivity index (χ1v) is 17.6. The van der Waals surface area contributed by atoms with Gasteiger partial charge in [-0.05, 0) is 32.7 Å². The molecule has 0 heterocycles. The van der Waals surface area contributed by atoms with Crippen molar-refractivity contribution in [1.29, 1.82) is 0 Å². The molecule has 9 aromatic carbocycles. The normalized spacial score (nSPS) is 10.0. The number of halogens is 2. The number of aryl methyl sites for hydroxylation is 2. The Kier molecular flexibility index (Phi) is 14.4. The summed E-state index contributed by atoms with van der Waals surface area (Å²) in [6.07, 6.45) is 0. The van der Waals surface area contributed by atoms with Crippen LogP contribution in [0.25, 0.3) is 65.3 Å². The maximum absolute atomic E-state index is 4.59. The van der Waals surface area contributed by atoms with Crippen LogP contribution in [-0.4, -0.2) is 4.94 Å². The van der Waals surface area contributed by atoms with Crippen LogP contribution in [0, 0.1) is 19.9 Å². The molecule has 0 atom stereocenters. The zero-order chi connectivity index (χ0) is 33.3. The van der Waals surface area contributed by atoms with E-state index in [0.717, 1.165) is 24.0 Å². The Bertz CT molecular complexity index is 2230. The molecule has 4 heteroatoms. The van der Waals surface area contributed by atoms with Gasteiger partial charge >= 0.3 is 28.9 Å². The van der Waals surface area contributed by atoms with Gasteiger partial charge in [0.1, 0.15) is 0 Å². The maximum Gasteiger partial charge on any atom is -0.171 e. The van der Waals surface area contributed by atoms with Gasteiger partial charge in [0.05, 0.1) is 0 Å². The molecule has 0 aliphatic heterocycles. The van der Waals surface area contributed by atoms with E-state index in [0.29, 0.717) is 0 Å². The first-order chi connectivity index (χ1) is 23.7. The van der Waals surface area contributed by atoms with E-state index in [1.165, 1.54) is 76.5 Å². The van der Waals surface area contributed by atoms with Crippen molar-refractivity contribution in [3.05, 3.63) is 193 Å². The second-order valence-corrected chi connectivity index (χ2v) is 11.8. The number of hydrogen-bond acceptors (Lipinski definition) is 0. The van der Waals surface area contributed by atoms with Gasteiger partial charge < -0.3 is 0 Å². The average molecular weight is 763 g/mol. The summed E-state index contributed by atoms with van der Waals surface area (Å²) in [5, 5.41) is 10.6. The van der Waals surface area contributed by atoms with Crippen LogP contribution in [0.4, 0.5) is 0 Å². The summed E-state index contributed by atoms with van der Waals surface area (Å²) in [5.74, 6) is 0. The fraction of sp³-hybridized carbons (Fsp3) is 0.0435. The van der Waals surface area contributed by atoms with E-state index in [1.54, 1.807) is 0 Å². The molecule has 0 fully saturated rings. The quantitative estimate of drug-likeness (QED) is 0.122. The van der Waals surface area contributed by atoms with E-state index in [4.69, 9.17) is 0 Å². The fourth-order valence-electron chi connectivity index (χ4n) is 6.50. The van der Waals surface area contributed by atoms with Gasteiger partial charge in [-0.2, -0.15) is 48.5 Å². The van der Waals surface area contributed by atoms with Crippen LogP contribution in [0.15, 0.2) is 176 Å². The summed E-state index contributed by atoms with van der Waals surface area (Å²) in [7, 11) is 0. The predicted molar refractivity (Wildman–Crippen MR) is 220 cm³/mol. The monoisotopic (exact) mass is 760 g/mol. The third-order valence-corrected chi connectivity index (χ3v) is 8.56. The van der Waals surface area contributed by atoms with Crippen LogP contribution in [0.3, 0.4) is 0 Å². The van der Waals surface area contributed by atoms with Gasteiger partial charge in [0.2, 0.25) is 0 Å². The number of rotatable bonds is 2. The van der Waals surface area contributed by atoms with Crippen LogP contribution >= 0.6 is 24.8 Å². The van der Waals surface area contributed by atoms with E-state index in [2.05, 4.69) is 170 Å². The van der Waals surface area contributed by atoms with Gasteiger partial charge in [0.25, 0.3) is 0 Å². The SMILES string of the molecule is Cc1cc2c(-c3cccc4ccccc34)cccc2[cH-]1.Cc1cc2c(-c3cccc4ccccc34)cccc2[cH-]1.Cl.Cl.[B]=[Zr].[c-]1ccccc1. The summed E-state index contributed by atoms with van der Waals surface area (Å²) >= 11 is 1.05. The Morgan fingerprint density at radius 1 is 0.420 bits per heavy atom. The molecule has 50 heavy (non-hydrogen) atoms. The minimum Gasteiger partial charge on any atom is -0.184 e. The van der Waals surface area contributed by atoms with Crippen molar-refractivity contribution >= 4 is 72.8 Å². The summed E-state index contributed by atoms with van der Waals surface area (Å²) < 4.78 is 0. The van der Waals surface area contributed by atoms with Gasteiger partial charge in [0, 0.05) is 0 Å². The minimum absolute atomic E-state index is 0. The Morgan fingerprint density at radius 2 is 0.780 bits per heavy atom. The van der Waals surface area contributed by atoms with Crippen molar-refractivity contribution in [3.63, 3.8) is 0 Å². The number of hydrogen-bond donors (Lipinski definition) is 0. The molecule has 0 spiro atoms. The van der Waals surface area contributed by atoms with Crippen LogP contribution in [0.2, 0.25) is 0 Å². The predicted octanol–water partition coefficient (Wildman–Crippen LogP) is 13.3. The molecule has 0 bridgehead atoms. The standard InChI is InChI=1S/2C20H15.C6H5.B.2ClH.Zr/c2*1-14-12-16-8-5-11-19(20(16)13-14)18-10-4-7-15-6-2-3-9-17(15)18;1-2-4-6-5-3-1;;;;/h2*2-13H,1H3;1-5H;;2*1H;/q3*-1;;;;. The Balaban J connectivity index is 0.000000179. The van der Waals surface area contributed by atoms with Crippen molar-refractivity contribution in [3.8, 4) is 22.3 Å². The molecule has 245 valence electrons. The molecule has 0 N–H and O–H groups in total. The van der Waals surface area contributed by atoms with Crippen LogP contribution < -0.4 is 0 Å². The topological polar surface area (TPSA) is 0 Å². The summed E-state index contributed by atoms with van der Waals surface area (Å²) in [4.78, 5) is 4.59. The van der Waals surface area contributed by atoms with E-state index in [1.807, 2.05) is 30.3 Å². The van der Waals surface area contributed by atoms with E-state index in [-0.39, 0.29) is 24.8 Å². The Morgan fingerprint density at radius 3 is 1.16 bits per heavy atom. The zero-order valence-electron chi connectivity index (χ0n) is 28.1. The molecule has 0 unspecified atom stereocenters. The molecular formula is C46H37BCl2Zr-3. The van der Waals surface area contributed by atoms with E-state index in [9.17, 15) is 0 Å². The smallest absolute Gasteiger partial charge is 0.171 e. The molecule has 9 aromatic rings. The average Bonchev–Trinajstić information content (AvgIpc) is 3.74. The number of benzene rings is 7. The van der Waals surface area contributed by atoms with Gasteiger partial charge in [-0.3, -0.25) is 0 Å². The number of fused-ring (bicyclic) bond motifs is 4. The molecule has 0 saturated carbocycles. The van der Waals surface area contributed by atoms with Gasteiger partial charge in [0.15, 0.2) is 0 Å². The molecule has 0 nitrogen and oxygen atoms in total. The maximum atomic E-state index is 4.59. The van der Waals surface area contributed by atoms with Crippen molar-refractivity contribution in [2.24, 2.45) is 0 Å². The van der Waals surface area contributed by atoms with Crippen molar-refractivity contribution in [2.45, 2.75) is 13.8 Å². The summed E-state index contributed by atoms with van der Waals surface area (Å²) in [6, 6.07) is 65.0. The molecular weight excluding hydrogens is 725 g/mol. The molecule has 0 aliphatic rings. The molecule has 1 radical (unpaired) electrons. The first kappa shape index (κ1) is 38.6. The third-order valence-electron chi connectivity index (χ3n) is 8.56. The van der Waals surface area contributed by atoms with Crippen LogP contribution in [-0.2, 0) is 24.0 Å². The second-order valence-electron chi connectivity index (χ2n) is 11.8. The van der Waals surface area contributed by atoms with E-state index >= 15 is 0 Å². The van der Waals surface area contributed by atoms with Crippen LogP contribution in [0.1, 0.15) is 11.1 Å². The first-order valence-electron chi connectivity index (χ1n) is 16.1. The third kappa shape index (κ3) is 8.75. The van der Waals surface area contributed by atoms with Crippen LogP contribution in [0.5, 0.6) is 0 Å². The largest absolute Gasteiger partial charge is 0.184 e. The molecule has 0 saturated heterocycles. The van der Waals surface area contributed by atoms with Gasteiger partial charge in [-0.15, -0.1) is 93.9 Å². The summed E-state index contributed by atoms with van der Waals surface area (Å²) in [5.41, 5.74) is 7.94. The molecule has 0 aliphatic carbocycles. The second kappa shape index (κ2) is 18.7. The van der Waals surface area contributed by atoms with Crippen molar-refractivity contribution in [2.75, 3.05) is 0 Å². The summed E-state index contributed by atoms with van der Waals surface area (Å²) in [6.45, 7) is 4.32. The van der Waals surface area contributed by atoms with Crippen molar-refractivity contribution in [1.82, 2.24) is 0 Å². The minimum atomic E-state index is 0. The molecule has 9 rings (SSSR count). The Hall–Kier alpha value is -4.19. The van der Waals surface area contributed by atoms with Gasteiger partial charge in [-0.25, -0.2) is 0 Å². The zero-order valence-corrected chi connectivity index (χ0v) is 32.2. The molecule has 0 aromatic heterocycles. The molecule has 0 amide bonds. The fourth-order valence-corrected chi connectivity index (χ4v) is 6.50.